The van der Waals surface area contributed by atoms with Gasteiger partial charge in [0.15, 0.2) is 0 Å². The van der Waals surface area contributed by atoms with Crippen LogP contribution < -0.4 is 5.32 Å². The lowest BCUT2D eigenvalue weighted by Crippen LogP contribution is -2.03. The Bertz CT molecular complexity index is 258. The Hall–Kier alpha value is -1.12. The van der Waals surface area contributed by atoms with Crippen molar-refractivity contribution in [3.63, 3.8) is 0 Å². The van der Waals surface area contributed by atoms with Crippen LogP contribution >= 0.6 is 0 Å². The molecule has 3 heteroatoms. The summed E-state index contributed by atoms with van der Waals surface area (Å²) in [6.45, 7) is 7.34. The molecule has 3 nitrogen and oxygen atoms in total. The van der Waals surface area contributed by atoms with Gasteiger partial charge in [-0.15, -0.1) is 0 Å². The molecule has 1 N–H and O–H groups in total. The van der Waals surface area contributed by atoms with E-state index in [0.717, 1.165) is 24.5 Å². The van der Waals surface area contributed by atoms with E-state index in [1.54, 1.807) is 6.33 Å². The summed E-state index contributed by atoms with van der Waals surface area (Å²) in [5.41, 5.74) is 1.11. The molecule has 1 aromatic heterocycles. The van der Waals surface area contributed by atoms with Gasteiger partial charge in [0.1, 0.15) is 12.1 Å². The average molecular weight is 179 g/mol. The topological polar surface area (TPSA) is 37.8 Å². The van der Waals surface area contributed by atoms with Gasteiger partial charge in [0.05, 0.1) is 0 Å². The van der Waals surface area contributed by atoms with Crippen LogP contribution in [-0.2, 0) is 6.42 Å². The molecule has 1 heterocycles. The number of hydrogen-bond acceptors (Lipinski definition) is 3. The van der Waals surface area contributed by atoms with E-state index in [9.17, 15) is 0 Å². The van der Waals surface area contributed by atoms with Crippen molar-refractivity contribution in [2.45, 2.75) is 27.2 Å². The van der Waals surface area contributed by atoms with Crippen molar-refractivity contribution in [1.82, 2.24) is 9.97 Å². The van der Waals surface area contributed by atoms with Gasteiger partial charge in [-0.05, 0) is 19.3 Å². The molecule has 0 spiro atoms. The Balaban J connectivity index is 2.67. The first-order chi connectivity index (χ1) is 6.22. The average Bonchev–Trinajstić information content (AvgIpc) is 2.04. The first-order valence-electron chi connectivity index (χ1n) is 4.77. The molecule has 1 aromatic rings. The number of aromatic nitrogens is 2. The predicted molar refractivity (Wildman–Crippen MR) is 54.7 cm³/mol. The first-order valence-corrected chi connectivity index (χ1v) is 4.77. The van der Waals surface area contributed by atoms with Gasteiger partial charge in [0.2, 0.25) is 0 Å². The summed E-state index contributed by atoms with van der Waals surface area (Å²) in [4.78, 5) is 8.32. The van der Waals surface area contributed by atoms with Crippen LogP contribution in [0.25, 0.3) is 0 Å². The number of rotatable bonds is 4. The monoisotopic (exact) mass is 179 g/mol. The summed E-state index contributed by atoms with van der Waals surface area (Å²) in [5, 5.41) is 3.17. The maximum Gasteiger partial charge on any atom is 0.129 e. The van der Waals surface area contributed by atoms with E-state index in [0.29, 0.717) is 5.92 Å². The van der Waals surface area contributed by atoms with Gasteiger partial charge in [0, 0.05) is 18.3 Å². The molecule has 0 fully saturated rings. The van der Waals surface area contributed by atoms with Crippen LogP contribution in [0.3, 0.4) is 0 Å². The highest BCUT2D eigenvalue weighted by Gasteiger charge is 2.00. The van der Waals surface area contributed by atoms with Crippen molar-refractivity contribution in [3.05, 3.63) is 18.1 Å². The smallest absolute Gasteiger partial charge is 0.129 e. The third-order valence-corrected chi connectivity index (χ3v) is 1.70. The Morgan fingerprint density at radius 2 is 2.15 bits per heavy atom. The van der Waals surface area contributed by atoms with Crippen LogP contribution in [0.1, 0.15) is 26.5 Å². The number of nitrogens with zero attached hydrogens (tertiary/aromatic N) is 2. The minimum atomic E-state index is 0.643. The molecule has 0 aliphatic heterocycles. The second-order valence-corrected chi connectivity index (χ2v) is 3.52. The van der Waals surface area contributed by atoms with E-state index in [-0.39, 0.29) is 0 Å². The van der Waals surface area contributed by atoms with E-state index in [2.05, 4.69) is 36.1 Å². The Morgan fingerprint density at radius 1 is 1.38 bits per heavy atom. The number of nitrogens with one attached hydrogen (secondary N) is 1. The van der Waals surface area contributed by atoms with Crippen molar-refractivity contribution < 1.29 is 0 Å². The SMILES string of the molecule is CCNc1cc(CC(C)C)ncn1. The normalized spacial score (nSPS) is 10.5. The summed E-state index contributed by atoms with van der Waals surface area (Å²) in [6, 6.07) is 2.02. The molecule has 0 unspecified atom stereocenters. The Labute approximate surface area is 79.6 Å². The van der Waals surface area contributed by atoms with E-state index < -0.39 is 0 Å². The molecule has 0 bridgehead atoms. The minimum Gasteiger partial charge on any atom is -0.370 e. The Morgan fingerprint density at radius 3 is 2.77 bits per heavy atom. The molecule has 13 heavy (non-hydrogen) atoms. The van der Waals surface area contributed by atoms with Gasteiger partial charge in [-0.25, -0.2) is 9.97 Å². The van der Waals surface area contributed by atoms with E-state index in [4.69, 9.17) is 0 Å². The molecule has 0 atom stereocenters. The van der Waals surface area contributed by atoms with Crippen molar-refractivity contribution in [2.75, 3.05) is 11.9 Å². The van der Waals surface area contributed by atoms with Crippen molar-refractivity contribution >= 4 is 5.82 Å². The van der Waals surface area contributed by atoms with Gasteiger partial charge < -0.3 is 5.32 Å². The molecule has 0 aliphatic carbocycles. The third-order valence-electron chi connectivity index (χ3n) is 1.70. The quantitative estimate of drug-likeness (QED) is 0.769. The molecule has 0 aromatic carbocycles. The molecule has 0 saturated carbocycles. The molecule has 72 valence electrons. The maximum absolute atomic E-state index is 4.21. The van der Waals surface area contributed by atoms with Crippen LogP contribution in [0, 0.1) is 5.92 Å². The highest BCUT2D eigenvalue weighted by Crippen LogP contribution is 2.08. The second-order valence-electron chi connectivity index (χ2n) is 3.52. The molecule has 0 aliphatic rings. The molecular weight excluding hydrogens is 162 g/mol. The van der Waals surface area contributed by atoms with Gasteiger partial charge in [-0.1, -0.05) is 13.8 Å². The third kappa shape index (κ3) is 3.40. The zero-order valence-corrected chi connectivity index (χ0v) is 8.54. The minimum absolute atomic E-state index is 0.643. The van der Waals surface area contributed by atoms with Crippen molar-refractivity contribution in [1.29, 1.82) is 0 Å². The van der Waals surface area contributed by atoms with Crippen LogP contribution in [0.4, 0.5) is 5.82 Å². The first kappa shape index (κ1) is 9.96. The van der Waals surface area contributed by atoms with Crippen molar-refractivity contribution in [2.24, 2.45) is 5.92 Å². The summed E-state index contributed by atoms with van der Waals surface area (Å²) in [5.74, 6) is 1.57. The molecule has 0 saturated heterocycles. The van der Waals surface area contributed by atoms with Crippen LogP contribution in [-0.4, -0.2) is 16.5 Å². The fraction of sp³-hybridized carbons (Fsp3) is 0.600. The summed E-state index contributed by atoms with van der Waals surface area (Å²) in [6.07, 6.45) is 2.64. The number of hydrogen-bond donors (Lipinski definition) is 1. The summed E-state index contributed by atoms with van der Waals surface area (Å²) >= 11 is 0. The largest absolute Gasteiger partial charge is 0.370 e. The fourth-order valence-corrected chi connectivity index (χ4v) is 1.21. The standard InChI is InChI=1S/C10H17N3/c1-4-11-10-6-9(5-8(2)3)12-7-13-10/h6-8H,4-5H2,1-3H3,(H,11,12,13). The van der Waals surface area contributed by atoms with E-state index in [1.807, 2.05) is 6.07 Å². The zero-order valence-electron chi connectivity index (χ0n) is 8.54. The van der Waals surface area contributed by atoms with Gasteiger partial charge >= 0.3 is 0 Å². The van der Waals surface area contributed by atoms with Gasteiger partial charge in [0.25, 0.3) is 0 Å². The van der Waals surface area contributed by atoms with E-state index >= 15 is 0 Å². The fourth-order valence-electron chi connectivity index (χ4n) is 1.21. The molecule has 1 rings (SSSR count). The highest BCUT2D eigenvalue weighted by molar-refractivity contribution is 5.34. The zero-order chi connectivity index (χ0) is 9.68. The number of anilines is 1. The van der Waals surface area contributed by atoms with E-state index in [1.165, 1.54) is 0 Å². The lowest BCUT2D eigenvalue weighted by molar-refractivity contribution is 0.634. The summed E-state index contributed by atoms with van der Waals surface area (Å²) < 4.78 is 0. The molecular formula is C10H17N3. The summed E-state index contributed by atoms with van der Waals surface area (Å²) in [7, 11) is 0. The van der Waals surface area contributed by atoms with Gasteiger partial charge in [-0.2, -0.15) is 0 Å². The van der Waals surface area contributed by atoms with Crippen LogP contribution in [0.15, 0.2) is 12.4 Å². The predicted octanol–water partition coefficient (Wildman–Crippen LogP) is 2.11. The maximum atomic E-state index is 4.21. The van der Waals surface area contributed by atoms with Gasteiger partial charge in [-0.3, -0.25) is 0 Å². The molecule has 0 amide bonds. The Kier molecular flexibility index (Phi) is 3.68. The highest BCUT2D eigenvalue weighted by atomic mass is 15.0. The second kappa shape index (κ2) is 4.80. The lowest BCUT2D eigenvalue weighted by atomic mass is 10.1. The molecule has 0 radical (unpaired) electrons. The lowest BCUT2D eigenvalue weighted by Gasteiger charge is -2.06. The van der Waals surface area contributed by atoms with Crippen molar-refractivity contribution in [3.8, 4) is 0 Å². The van der Waals surface area contributed by atoms with Crippen LogP contribution in [0.5, 0.6) is 0 Å². The van der Waals surface area contributed by atoms with Crippen LogP contribution in [0.2, 0.25) is 0 Å².